The van der Waals surface area contributed by atoms with Crippen LogP contribution in [-0.4, -0.2) is 19.7 Å². The fourth-order valence-corrected chi connectivity index (χ4v) is 4.06. The van der Waals surface area contributed by atoms with Gasteiger partial charge in [-0.05, 0) is 36.6 Å². The van der Waals surface area contributed by atoms with Crippen molar-refractivity contribution in [3.63, 3.8) is 0 Å². The number of nitrogens with zero attached hydrogens (tertiary/aromatic N) is 4. The van der Waals surface area contributed by atoms with Gasteiger partial charge >= 0.3 is 0 Å². The standard InChI is InChI=1S/C18H16Cl2N4OS/c19-14-3-1-2-4-16(14)25-10-17-22-23-18(24(17)13-5-6-13)26-11-12-7-8-21-9-15(12)20/h1-4,7-9,13H,5-6,10-11H2. The Bertz CT molecular complexity index is 847. The van der Waals surface area contributed by atoms with Crippen LogP contribution in [0.25, 0.3) is 0 Å². The second kappa shape index (κ2) is 7.86. The lowest BCUT2D eigenvalue weighted by molar-refractivity contribution is 0.288. The Balaban J connectivity index is 1.48. The highest BCUT2D eigenvalue weighted by molar-refractivity contribution is 7.98. The van der Waals surface area contributed by atoms with Gasteiger partial charge in [0.15, 0.2) is 11.0 Å². The quantitative estimate of drug-likeness (QED) is 0.505. The molecule has 1 saturated carbocycles. The molecule has 0 spiro atoms. The first-order valence-electron chi connectivity index (χ1n) is 8.24. The van der Waals surface area contributed by atoms with Crippen LogP contribution in [0.1, 0.15) is 30.3 Å². The van der Waals surface area contributed by atoms with E-state index in [0.717, 1.165) is 35.1 Å². The van der Waals surface area contributed by atoms with Crippen molar-refractivity contribution in [2.45, 2.75) is 36.4 Å². The SMILES string of the molecule is Clc1cnccc1CSc1nnc(COc2ccccc2Cl)n1C1CC1. The molecule has 8 heteroatoms. The minimum absolute atomic E-state index is 0.337. The molecule has 1 aliphatic carbocycles. The zero-order valence-corrected chi connectivity index (χ0v) is 16.1. The highest BCUT2D eigenvalue weighted by Gasteiger charge is 2.30. The van der Waals surface area contributed by atoms with Crippen molar-refractivity contribution < 1.29 is 4.74 Å². The van der Waals surface area contributed by atoms with E-state index in [4.69, 9.17) is 27.9 Å². The van der Waals surface area contributed by atoms with Crippen molar-refractivity contribution in [3.05, 3.63) is 64.2 Å². The van der Waals surface area contributed by atoms with E-state index in [1.54, 1.807) is 24.2 Å². The zero-order valence-electron chi connectivity index (χ0n) is 13.8. The molecule has 0 amide bonds. The lowest BCUT2D eigenvalue weighted by atomic mass is 10.3. The maximum atomic E-state index is 6.19. The second-order valence-electron chi connectivity index (χ2n) is 5.97. The van der Waals surface area contributed by atoms with Crippen LogP contribution in [0.2, 0.25) is 10.0 Å². The normalized spacial score (nSPS) is 13.8. The number of hydrogen-bond acceptors (Lipinski definition) is 5. The fourth-order valence-electron chi connectivity index (χ4n) is 2.57. The first-order chi connectivity index (χ1) is 12.7. The Morgan fingerprint density at radius 3 is 2.73 bits per heavy atom. The van der Waals surface area contributed by atoms with E-state index in [0.29, 0.717) is 28.4 Å². The molecule has 5 nitrogen and oxygen atoms in total. The summed E-state index contributed by atoms with van der Waals surface area (Å²) in [6.07, 6.45) is 5.68. The minimum atomic E-state index is 0.337. The fraction of sp³-hybridized carbons (Fsp3) is 0.278. The van der Waals surface area contributed by atoms with Crippen molar-refractivity contribution >= 4 is 35.0 Å². The van der Waals surface area contributed by atoms with Crippen LogP contribution in [0.15, 0.2) is 47.9 Å². The zero-order chi connectivity index (χ0) is 17.9. The monoisotopic (exact) mass is 406 g/mol. The van der Waals surface area contributed by atoms with Gasteiger partial charge in [0.05, 0.1) is 10.0 Å². The maximum absolute atomic E-state index is 6.19. The molecular formula is C18H16Cl2N4OS. The van der Waals surface area contributed by atoms with Crippen LogP contribution in [0.4, 0.5) is 0 Å². The van der Waals surface area contributed by atoms with Crippen LogP contribution in [0.3, 0.4) is 0 Å². The third kappa shape index (κ3) is 3.98. The van der Waals surface area contributed by atoms with Gasteiger partial charge in [-0.25, -0.2) is 0 Å². The van der Waals surface area contributed by atoms with E-state index in [9.17, 15) is 0 Å². The van der Waals surface area contributed by atoms with E-state index in [2.05, 4.69) is 19.7 Å². The molecule has 2 aromatic heterocycles. The summed E-state index contributed by atoms with van der Waals surface area (Å²) >= 11 is 14.0. The van der Waals surface area contributed by atoms with Crippen LogP contribution in [0.5, 0.6) is 5.75 Å². The topological polar surface area (TPSA) is 52.8 Å². The van der Waals surface area contributed by atoms with Crippen molar-refractivity contribution in [3.8, 4) is 5.75 Å². The second-order valence-corrected chi connectivity index (χ2v) is 7.73. The van der Waals surface area contributed by atoms with Gasteiger partial charge in [-0.15, -0.1) is 10.2 Å². The predicted octanol–water partition coefficient (Wildman–Crippen LogP) is 5.19. The molecule has 1 aromatic carbocycles. The number of benzene rings is 1. The van der Waals surface area contributed by atoms with Gasteiger partial charge in [0, 0.05) is 24.2 Å². The van der Waals surface area contributed by atoms with Gasteiger partial charge in [-0.3, -0.25) is 9.55 Å². The number of rotatable bonds is 7. The summed E-state index contributed by atoms with van der Waals surface area (Å²) in [6, 6.07) is 9.80. The summed E-state index contributed by atoms with van der Waals surface area (Å²) in [5.41, 5.74) is 1.03. The maximum Gasteiger partial charge on any atom is 0.191 e. The molecule has 134 valence electrons. The van der Waals surface area contributed by atoms with Gasteiger partial charge in [0.1, 0.15) is 12.4 Å². The Hall–Kier alpha value is -1.76. The van der Waals surface area contributed by atoms with Gasteiger partial charge in [0.25, 0.3) is 0 Å². The van der Waals surface area contributed by atoms with E-state index >= 15 is 0 Å². The minimum Gasteiger partial charge on any atom is -0.484 e. The molecule has 0 radical (unpaired) electrons. The summed E-state index contributed by atoms with van der Waals surface area (Å²) in [7, 11) is 0. The summed E-state index contributed by atoms with van der Waals surface area (Å²) < 4.78 is 8.02. The van der Waals surface area contributed by atoms with Gasteiger partial charge in [-0.2, -0.15) is 0 Å². The molecular weight excluding hydrogens is 391 g/mol. The van der Waals surface area contributed by atoms with Crippen LogP contribution in [-0.2, 0) is 12.4 Å². The molecule has 0 N–H and O–H groups in total. The molecule has 0 aliphatic heterocycles. The summed E-state index contributed by atoms with van der Waals surface area (Å²) in [5.74, 6) is 2.19. The third-order valence-electron chi connectivity index (χ3n) is 4.05. The Morgan fingerprint density at radius 2 is 1.96 bits per heavy atom. The first-order valence-corrected chi connectivity index (χ1v) is 9.99. The van der Waals surface area contributed by atoms with Crippen molar-refractivity contribution in [1.29, 1.82) is 0 Å². The molecule has 26 heavy (non-hydrogen) atoms. The molecule has 2 heterocycles. The number of halogens is 2. The molecule has 1 fully saturated rings. The predicted molar refractivity (Wildman–Crippen MR) is 103 cm³/mol. The Kier molecular flexibility index (Phi) is 5.33. The van der Waals surface area contributed by atoms with Crippen molar-refractivity contribution in [2.75, 3.05) is 0 Å². The number of pyridine rings is 1. The lowest BCUT2D eigenvalue weighted by Crippen LogP contribution is -2.07. The molecule has 1 aliphatic rings. The summed E-state index contributed by atoms with van der Waals surface area (Å²) in [6.45, 7) is 0.337. The Morgan fingerprint density at radius 1 is 1.12 bits per heavy atom. The van der Waals surface area contributed by atoms with Crippen LogP contribution in [0, 0.1) is 0 Å². The number of para-hydroxylation sites is 1. The van der Waals surface area contributed by atoms with Gasteiger partial charge in [0.2, 0.25) is 0 Å². The van der Waals surface area contributed by atoms with E-state index < -0.39 is 0 Å². The average molecular weight is 407 g/mol. The number of thioether (sulfide) groups is 1. The first kappa shape index (κ1) is 17.6. The van der Waals surface area contributed by atoms with E-state index in [1.165, 1.54) is 0 Å². The smallest absolute Gasteiger partial charge is 0.191 e. The van der Waals surface area contributed by atoms with Crippen LogP contribution < -0.4 is 4.74 Å². The van der Waals surface area contributed by atoms with Gasteiger partial charge in [-0.1, -0.05) is 47.1 Å². The number of ether oxygens (including phenoxy) is 1. The largest absolute Gasteiger partial charge is 0.484 e. The molecule has 0 atom stereocenters. The summed E-state index contributed by atoms with van der Waals surface area (Å²) in [4.78, 5) is 4.02. The van der Waals surface area contributed by atoms with Gasteiger partial charge < -0.3 is 4.74 Å². The average Bonchev–Trinajstić information content (AvgIpc) is 3.41. The number of hydrogen-bond donors (Lipinski definition) is 0. The molecule has 0 saturated heterocycles. The molecule has 0 unspecified atom stereocenters. The van der Waals surface area contributed by atoms with Crippen molar-refractivity contribution in [1.82, 2.24) is 19.7 Å². The number of aromatic nitrogens is 4. The molecule has 4 rings (SSSR count). The lowest BCUT2D eigenvalue weighted by Gasteiger charge is -2.11. The van der Waals surface area contributed by atoms with Crippen molar-refractivity contribution in [2.24, 2.45) is 0 Å². The molecule has 3 aromatic rings. The van der Waals surface area contributed by atoms with Crippen LogP contribution >= 0.6 is 35.0 Å². The highest BCUT2D eigenvalue weighted by atomic mass is 35.5. The van der Waals surface area contributed by atoms with E-state index in [-0.39, 0.29) is 0 Å². The molecule has 0 bridgehead atoms. The summed E-state index contributed by atoms with van der Waals surface area (Å²) in [5, 5.41) is 10.8. The Labute approximate surface area is 165 Å². The van der Waals surface area contributed by atoms with E-state index in [1.807, 2.05) is 30.3 Å². The third-order valence-corrected chi connectivity index (χ3v) is 5.70. The highest BCUT2D eigenvalue weighted by Crippen LogP contribution is 2.39.